The lowest BCUT2D eigenvalue weighted by Crippen LogP contribution is -2.19. The first kappa shape index (κ1) is 54.8. The second kappa shape index (κ2) is 22.0. The Balaban J connectivity index is 0.000000209. The molecule has 4 atom stereocenters. The van der Waals surface area contributed by atoms with Gasteiger partial charge in [0.25, 0.3) is 20.2 Å². The zero-order valence-electron chi connectivity index (χ0n) is 43.8. The Morgan fingerprint density at radius 1 is 0.420 bits per heavy atom. The summed E-state index contributed by atoms with van der Waals surface area (Å²) in [4.78, 5) is 5.91. The molecule has 81 heavy (non-hydrogen) atoms. The van der Waals surface area contributed by atoms with E-state index in [-0.39, 0.29) is 32.1 Å². The molecular formula is C55H52O18S8. The van der Waals surface area contributed by atoms with Crippen molar-refractivity contribution in [3.8, 4) is 46.0 Å². The summed E-state index contributed by atoms with van der Waals surface area (Å²) < 4.78 is 142. The van der Waals surface area contributed by atoms with Gasteiger partial charge in [-0.25, -0.2) is 0 Å². The van der Waals surface area contributed by atoms with E-state index in [9.17, 15) is 16.8 Å². The van der Waals surface area contributed by atoms with Gasteiger partial charge in [0.1, 0.15) is 89.8 Å². The van der Waals surface area contributed by atoms with Crippen molar-refractivity contribution in [3.63, 3.8) is 0 Å². The highest BCUT2D eigenvalue weighted by Crippen LogP contribution is 2.62. The Bertz CT molecular complexity index is 3770. The van der Waals surface area contributed by atoms with Gasteiger partial charge in [0, 0.05) is 9.75 Å². The molecule has 8 aliphatic rings. The molecule has 14 rings (SSSR count). The molecule has 6 aromatic rings. The summed E-state index contributed by atoms with van der Waals surface area (Å²) in [5, 5.41) is -0.312. The number of hydrogen-bond acceptors (Lipinski definition) is 22. The molecule has 2 aromatic carbocycles. The van der Waals surface area contributed by atoms with Crippen LogP contribution in [0.4, 0.5) is 0 Å². The molecule has 0 spiro atoms. The molecule has 18 nitrogen and oxygen atoms in total. The van der Waals surface area contributed by atoms with Gasteiger partial charge in [0.05, 0.1) is 47.5 Å². The summed E-state index contributed by atoms with van der Waals surface area (Å²) in [5.74, 6) is 9.34. The lowest BCUT2D eigenvalue weighted by molar-refractivity contribution is 0.0703. The van der Waals surface area contributed by atoms with Gasteiger partial charge >= 0.3 is 0 Å². The van der Waals surface area contributed by atoms with Gasteiger partial charge in [0.15, 0.2) is 69.0 Å². The third-order valence-corrected chi connectivity index (χ3v) is 23.9. The second-order valence-corrected chi connectivity index (χ2v) is 29.2. The van der Waals surface area contributed by atoms with E-state index in [1.54, 1.807) is 93.1 Å². The van der Waals surface area contributed by atoms with Crippen molar-refractivity contribution in [3.05, 3.63) is 120 Å². The minimum Gasteiger partial charge on any atom is -0.489 e. The molecule has 0 saturated carbocycles. The molecule has 0 radical (unpaired) electrons. The fourth-order valence-electron chi connectivity index (χ4n) is 10.5. The number of benzene rings is 2. The molecule has 0 amide bonds. The second-order valence-electron chi connectivity index (χ2n) is 19.5. The SMILES string of the molecule is CC(CC(C)c1ccc(S(=O)(=O)O)cc1)c1ccc(S(=O)(=O)O)cc1.Cc1sc(C2S/C(=c3/s/c(=c4/s/c(=C5/SC(c6sc(C)c7c6OCCO7)C6=C5OCCO6)c5c4OCCO5)c4c3OCCO4)C3=C2OCCO3)c2c1OCCO2. The predicted octanol–water partition coefficient (Wildman–Crippen LogP) is 10.1. The summed E-state index contributed by atoms with van der Waals surface area (Å²) >= 11 is 9.97. The quantitative estimate of drug-likeness (QED) is 0.135. The van der Waals surface area contributed by atoms with Crippen molar-refractivity contribution in [1.82, 2.24) is 0 Å². The van der Waals surface area contributed by atoms with E-state index in [0.29, 0.717) is 102 Å². The molecule has 0 aliphatic carbocycles. The van der Waals surface area contributed by atoms with Gasteiger partial charge in [-0.3, -0.25) is 9.11 Å². The Morgan fingerprint density at radius 2 is 0.728 bits per heavy atom. The van der Waals surface area contributed by atoms with Crippen LogP contribution in [0.1, 0.15) is 73.2 Å². The highest BCUT2D eigenvalue weighted by molar-refractivity contribution is 8.09. The summed E-state index contributed by atoms with van der Waals surface area (Å²) in [6.07, 6.45) is 0.760. The zero-order chi connectivity index (χ0) is 55.9. The van der Waals surface area contributed by atoms with Gasteiger partial charge in [-0.2, -0.15) is 16.8 Å². The summed E-state index contributed by atoms with van der Waals surface area (Å²) in [6, 6.07) is 12.1. The lowest BCUT2D eigenvalue weighted by atomic mass is 9.87. The summed E-state index contributed by atoms with van der Waals surface area (Å²) in [7, 11) is -8.39. The third-order valence-electron chi connectivity index (χ3n) is 14.3. The molecule has 0 bridgehead atoms. The number of hydrogen-bond donors (Lipinski definition) is 2. The molecule has 8 aliphatic heterocycles. The normalized spacial score (nSPS) is 22.2. The van der Waals surface area contributed by atoms with Crippen molar-refractivity contribution < 1.29 is 82.8 Å². The topological polar surface area (TPSA) is 219 Å². The van der Waals surface area contributed by atoms with E-state index in [1.165, 1.54) is 24.3 Å². The minimum atomic E-state index is -4.20. The molecule has 0 saturated heterocycles. The maximum absolute atomic E-state index is 11.1. The number of aryl methyl sites for hydroxylation is 2. The van der Waals surface area contributed by atoms with E-state index in [4.69, 9.17) is 65.9 Å². The number of fused-ring (bicyclic) bond motifs is 4. The molecule has 4 unspecified atom stereocenters. The van der Waals surface area contributed by atoms with Crippen molar-refractivity contribution in [2.45, 2.75) is 66.2 Å². The van der Waals surface area contributed by atoms with Crippen LogP contribution in [0.5, 0.6) is 46.0 Å². The van der Waals surface area contributed by atoms with Crippen LogP contribution in [0.3, 0.4) is 0 Å². The van der Waals surface area contributed by atoms with E-state index in [2.05, 4.69) is 13.8 Å². The first-order valence-corrected chi connectivity index (χ1v) is 33.9. The smallest absolute Gasteiger partial charge is 0.294 e. The number of ether oxygens (including phenoxy) is 12. The van der Waals surface area contributed by atoms with Crippen LogP contribution in [0.15, 0.2) is 81.4 Å². The van der Waals surface area contributed by atoms with Crippen LogP contribution in [-0.4, -0.2) is 105 Å². The van der Waals surface area contributed by atoms with Crippen LogP contribution >= 0.6 is 68.9 Å². The van der Waals surface area contributed by atoms with Crippen molar-refractivity contribution in [2.24, 2.45) is 0 Å². The van der Waals surface area contributed by atoms with Gasteiger partial charge in [0.2, 0.25) is 0 Å². The fraction of sp³-hybridized carbons (Fsp3) is 0.382. The maximum atomic E-state index is 11.1. The van der Waals surface area contributed by atoms with Crippen LogP contribution in [0.25, 0.3) is 9.81 Å². The van der Waals surface area contributed by atoms with Crippen LogP contribution in [0, 0.1) is 22.9 Å². The number of rotatable bonds is 8. The highest BCUT2D eigenvalue weighted by Gasteiger charge is 2.45. The van der Waals surface area contributed by atoms with Crippen molar-refractivity contribution in [1.29, 1.82) is 0 Å². The third kappa shape index (κ3) is 10.2. The van der Waals surface area contributed by atoms with E-state index < -0.39 is 20.2 Å². The Morgan fingerprint density at radius 3 is 1.09 bits per heavy atom. The molecular weight excluding hydrogens is 1210 g/mol. The molecule has 0 fully saturated rings. The standard InChI is InChI=1S/C38H32O12S6.C17H20O6S2/c1-15-17-19(41-5-3-39-17)29(51-15)31-21-23(45-9-7-43-21)33(53-31)35-25-27(49-13-11-47-25)37(55-35)38-28-26(48-12-14-50-28)36(56-38)34-24-22(44-8-10-46-24)32(54-34)30-20-18(16(2)52-30)40-4-6-42-20;1-12(14-3-7-16(8-4-14)24(18,19)20)11-13(2)15-5-9-17(10-6-15)25(21,22)23/h31-32H,3-14H2,1-2H3;3-10,12-13H,11H2,1-2H3,(H,18,19,20)(H,21,22,23)/b35-33+,36-34+,38-37+;. The maximum Gasteiger partial charge on any atom is 0.294 e. The first-order chi connectivity index (χ1) is 39.1. The van der Waals surface area contributed by atoms with E-state index >= 15 is 0 Å². The van der Waals surface area contributed by atoms with E-state index in [0.717, 1.165) is 111 Å². The number of thiophene rings is 4. The molecule has 428 valence electrons. The van der Waals surface area contributed by atoms with Gasteiger partial charge in [-0.1, -0.05) is 38.1 Å². The molecule has 4 aromatic heterocycles. The first-order valence-electron chi connectivity index (χ1n) is 26.0. The van der Waals surface area contributed by atoms with Gasteiger partial charge in [-0.15, -0.1) is 68.9 Å². The van der Waals surface area contributed by atoms with Gasteiger partial charge in [-0.05, 0) is 67.5 Å². The molecule has 12 heterocycles. The van der Waals surface area contributed by atoms with Crippen molar-refractivity contribution >= 4 is 98.9 Å². The average Bonchev–Trinajstić information content (AvgIpc) is 3.90. The van der Waals surface area contributed by atoms with Crippen LogP contribution < -0.4 is 47.0 Å². The largest absolute Gasteiger partial charge is 0.489 e. The van der Waals surface area contributed by atoms with Crippen molar-refractivity contribution in [2.75, 3.05) is 79.3 Å². The summed E-state index contributed by atoms with van der Waals surface area (Å²) in [5.41, 5.74) is 1.88. The van der Waals surface area contributed by atoms with Crippen LogP contribution in [0.2, 0.25) is 0 Å². The predicted molar refractivity (Wildman–Crippen MR) is 307 cm³/mol. The summed E-state index contributed by atoms with van der Waals surface area (Å²) in [6.45, 7) is 13.8. The zero-order valence-corrected chi connectivity index (χ0v) is 50.3. The Hall–Kier alpha value is -5.42. The minimum absolute atomic E-state index is 0.131. The Kier molecular flexibility index (Phi) is 14.9. The highest BCUT2D eigenvalue weighted by atomic mass is 32.2. The monoisotopic (exact) mass is 1260 g/mol. The number of thioether (sulfide) groups is 2. The average molecular weight is 1260 g/mol. The molecule has 2 N–H and O–H groups in total. The van der Waals surface area contributed by atoms with Crippen LogP contribution in [-0.2, 0) is 39.2 Å². The van der Waals surface area contributed by atoms with Gasteiger partial charge < -0.3 is 56.8 Å². The molecule has 26 heteroatoms. The lowest BCUT2D eigenvalue weighted by Gasteiger charge is -2.21. The Labute approximate surface area is 490 Å². The van der Waals surface area contributed by atoms with E-state index in [1.807, 2.05) is 13.8 Å². The fourth-order valence-corrected chi connectivity index (χ4v) is 19.5.